The van der Waals surface area contributed by atoms with Gasteiger partial charge >= 0.3 is 0 Å². The zero-order valence-electron chi connectivity index (χ0n) is 12.6. The highest BCUT2D eigenvalue weighted by atomic mass is 127. The number of hydrogen-bond acceptors (Lipinski definition) is 2. The van der Waals surface area contributed by atoms with E-state index in [9.17, 15) is 0 Å². The minimum Gasteiger partial charge on any atom is -0.378 e. The lowest BCUT2D eigenvalue weighted by molar-refractivity contribution is 0.0574. The Morgan fingerprint density at radius 2 is 1.95 bits per heavy atom. The van der Waals surface area contributed by atoms with Crippen molar-refractivity contribution in [1.82, 2.24) is 10.6 Å². The molecule has 0 aromatic heterocycles. The summed E-state index contributed by atoms with van der Waals surface area (Å²) in [5, 5.41) is 6.61. The molecule has 19 heavy (non-hydrogen) atoms. The Hall–Kier alpha value is -0.0400. The lowest BCUT2D eigenvalue weighted by Gasteiger charge is -2.14. The highest BCUT2D eigenvalue weighted by molar-refractivity contribution is 14.0. The Kier molecular flexibility index (Phi) is 11.7. The van der Waals surface area contributed by atoms with Crippen molar-refractivity contribution in [1.29, 1.82) is 0 Å². The number of nitrogens with one attached hydrogen (secondary N) is 2. The second-order valence-electron chi connectivity index (χ2n) is 5.40. The molecule has 4 nitrogen and oxygen atoms in total. The van der Waals surface area contributed by atoms with Crippen LogP contribution < -0.4 is 10.6 Å². The van der Waals surface area contributed by atoms with Crippen molar-refractivity contribution >= 4 is 29.9 Å². The first-order valence-electron chi connectivity index (χ1n) is 7.28. The largest absolute Gasteiger partial charge is 0.378 e. The van der Waals surface area contributed by atoms with Crippen LogP contribution in [0.5, 0.6) is 0 Å². The summed E-state index contributed by atoms with van der Waals surface area (Å²) in [5.41, 5.74) is 0. The molecule has 1 saturated carbocycles. The Labute approximate surface area is 135 Å². The molecule has 1 aliphatic carbocycles. The molecule has 1 rings (SSSR count). The van der Waals surface area contributed by atoms with Crippen LogP contribution in [0, 0.1) is 5.92 Å². The van der Waals surface area contributed by atoms with E-state index in [0.29, 0.717) is 12.0 Å². The van der Waals surface area contributed by atoms with Gasteiger partial charge in [-0.1, -0.05) is 26.7 Å². The second kappa shape index (κ2) is 11.8. The molecule has 1 fully saturated rings. The van der Waals surface area contributed by atoms with Crippen LogP contribution in [-0.4, -0.2) is 38.8 Å². The van der Waals surface area contributed by atoms with E-state index in [1.807, 2.05) is 7.05 Å². The summed E-state index contributed by atoms with van der Waals surface area (Å²) in [5.74, 6) is 1.53. The Bertz CT molecular complexity index is 241. The Morgan fingerprint density at radius 3 is 2.53 bits per heavy atom. The maximum absolute atomic E-state index is 5.82. The summed E-state index contributed by atoms with van der Waals surface area (Å²) in [6.07, 6.45) is 6.77. The van der Waals surface area contributed by atoms with Crippen molar-refractivity contribution < 1.29 is 4.74 Å². The van der Waals surface area contributed by atoms with E-state index >= 15 is 0 Å². The number of rotatable bonds is 7. The number of ether oxygens (including phenoxy) is 1. The molecule has 0 radical (unpaired) electrons. The molecule has 2 N–H and O–H groups in total. The summed E-state index contributed by atoms with van der Waals surface area (Å²) in [4.78, 5) is 4.19. The maximum atomic E-state index is 5.82. The van der Waals surface area contributed by atoms with Crippen molar-refractivity contribution in [2.24, 2.45) is 10.9 Å². The molecular formula is C14H30IN3O. The summed E-state index contributed by atoms with van der Waals surface area (Å²) in [6, 6.07) is 0. The van der Waals surface area contributed by atoms with Crippen LogP contribution >= 0.6 is 24.0 Å². The van der Waals surface area contributed by atoms with E-state index in [0.717, 1.165) is 32.1 Å². The van der Waals surface area contributed by atoms with Gasteiger partial charge < -0.3 is 15.4 Å². The van der Waals surface area contributed by atoms with Crippen molar-refractivity contribution in [2.75, 3.05) is 26.7 Å². The molecule has 0 aromatic carbocycles. The highest BCUT2D eigenvalue weighted by Gasteiger charge is 2.14. The monoisotopic (exact) mass is 383 g/mol. The number of halogens is 1. The molecular weight excluding hydrogens is 353 g/mol. The molecule has 0 unspecified atom stereocenters. The molecule has 0 atom stereocenters. The van der Waals surface area contributed by atoms with Crippen LogP contribution in [0.3, 0.4) is 0 Å². The van der Waals surface area contributed by atoms with Crippen LogP contribution in [0.1, 0.15) is 46.0 Å². The van der Waals surface area contributed by atoms with Gasteiger partial charge in [-0.05, 0) is 25.2 Å². The van der Waals surface area contributed by atoms with E-state index in [2.05, 4.69) is 29.5 Å². The molecule has 0 saturated heterocycles. The fraction of sp³-hybridized carbons (Fsp3) is 0.929. The average molecular weight is 383 g/mol. The van der Waals surface area contributed by atoms with Gasteiger partial charge in [0.1, 0.15) is 0 Å². The fourth-order valence-corrected chi connectivity index (χ4v) is 2.11. The molecule has 0 amide bonds. The van der Waals surface area contributed by atoms with Crippen LogP contribution in [0.4, 0.5) is 0 Å². The summed E-state index contributed by atoms with van der Waals surface area (Å²) < 4.78 is 5.82. The molecule has 0 bridgehead atoms. The normalized spacial score (nSPS) is 16.5. The van der Waals surface area contributed by atoms with E-state index in [1.165, 1.54) is 25.7 Å². The summed E-state index contributed by atoms with van der Waals surface area (Å²) >= 11 is 0. The van der Waals surface area contributed by atoms with E-state index in [4.69, 9.17) is 4.74 Å². The maximum Gasteiger partial charge on any atom is 0.190 e. The zero-order chi connectivity index (χ0) is 13.2. The minimum absolute atomic E-state index is 0. The third-order valence-corrected chi connectivity index (χ3v) is 3.17. The Balaban J connectivity index is 0.00000324. The number of guanidine groups is 1. The smallest absolute Gasteiger partial charge is 0.190 e. The highest BCUT2D eigenvalue weighted by Crippen LogP contribution is 2.20. The molecule has 0 heterocycles. The van der Waals surface area contributed by atoms with Gasteiger partial charge in [0.2, 0.25) is 0 Å². The second-order valence-corrected chi connectivity index (χ2v) is 5.40. The third kappa shape index (κ3) is 9.49. The molecule has 0 spiro atoms. The van der Waals surface area contributed by atoms with Gasteiger partial charge in [0.15, 0.2) is 5.96 Å². The van der Waals surface area contributed by atoms with Crippen molar-refractivity contribution in [3.05, 3.63) is 0 Å². The van der Waals surface area contributed by atoms with Crippen molar-refractivity contribution in [3.8, 4) is 0 Å². The van der Waals surface area contributed by atoms with Crippen LogP contribution in [0.25, 0.3) is 0 Å². The minimum atomic E-state index is 0. The molecule has 1 aliphatic rings. The Morgan fingerprint density at radius 1 is 1.26 bits per heavy atom. The molecule has 0 aromatic rings. The van der Waals surface area contributed by atoms with E-state index < -0.39 is 0 Å². The number of nitrogens with zero attached hydrogens (tertiary/aromatic N) is 1. The molecule has 5 heteroatoms. The average Bonchev–Trinajstić information content (AvgIpc) is 2.85. The quantitative estimate of drug-likeness (QED) is 0.308. The van der Waals surface area contributed by atoms with Gasteiger partial charge in [0, 0.05) is 26.7 Å². The SMILES string of the molecule is CN=C(NCCCOC1CCCC1)NCC(C)C.I. The first-order valence-corrected chi connectivity index (χ1v) is 7.28. The first-order chi connectivity index (χ1) is 8.72. The van der Waals surface area contributed by atoms with Crippen molar-refractivity contribution in [3.63, 3.8) is 0 Å². The van der Waals surface area contributed by atoms with Gasteiger partial charge in [0.25, 0.3) is 0 Å². The van der Waals surface area contributed by atoms with E-state index in [1.54, 1.807) is 0 Å². The summed E-state index contributed by atoms with van der Waals surface area (Å²) in [7, 11) is 1.81. The third-order valence-electron chi connectivity index (χ3n) is 3.17. The van der Waals surface area contributed by atoms with Crippen molar-refractivity contribution in [2.45, 2.75) is 52.1 Å². The fourth-order valence-electron chi connectivity index (χ4n) is 2.11. The molecule has 0 aliphatic heterocycles. The lowest BCUT2D eigenvalue weighted by Crippen LogP contribution is -2.39. The molecule has 114 valence electrons. The first kappa shape index (κ1) is 19.0. The van der Waals surface area contributed by atoms with Crippen LogP contribution in [0.15, 0.2) is 4.99 Å². The standard InChI is InChI=1S/C14H29N3O.HI/c1-12(2)11-17-14(15-3)16-9-6-10-18-13-7-4-5-8-13;/h12-13H,4-11H2,1-3H3,(H2,15,16,17);1H. The predicted octanol–water partition coefficient (Wildman–Crippen LogP) is 2.77. The number of hydrogen-bond donors (Lipinski definition) is 2. The lowest BCUT2D eigenvalue weighted by atomic mass is 10.2. The topological polar surface area (TPSA) is 45.7 Å². The zero-order valence-corrected chi connectivity index (χ0v) is 14.9. The van der Waals surface area contributed by atoms with Gasteiger partial charge in [-0.25, -0.2) is 0 Å². The predicted molar refractivity (Wildman–Crippen MR) is 92.4 cm³/mol. The van der Waals surface area contributed by atoms with Gasteiger partial charge in [-0.15, -0.1) is 24.0 Å². The van der Waals surface area contributed by atoms with E-state index in [-0.39, 0.29) is 24.0 Å². The summed E-state index contributed by atoms with van der Waals surface area (Å²) in [6.45, 7) is 7.12. The number of aliphatic imine (C=N–C) groups is 1. The van der Waals surface area contributed by atoms with Crippen LogP contribution in [-0.2, 0) is 4.74 Å². The van der Waals surface area contributed by atoms with Gasteiger partial charge in [0.05, 0.1) is 6.10 Å². The van der Waals surface area contributed by atoms with Gasteiger partial charge in [-0.3, -0.25) is 4.99 Å². The van der Waals surface area contributed by atoms with Gasteiger partial charge in [-0.2, -0.15) is 0 Å². The van der Waals surface area contributed by atoms with Crippen LogP contribution in [0.2, 0.25) is 0 Å².